The van der Waals surface area contributed by atoms with E-state index in [1.165, 1.54) is 12.1 Å². The first-order chi connectivity index (χ1) is 15.5. The summed E-state index contributed by atoms with van der Waals surface area (Å²) in [6, 6.07) is 11.1. The highest BCUT2D eigenvalue weighted by Crippen LogP contribution is 2.23. The maximum absolute atomic E-state index is 10.9. The van der Waals surface area contributed by atoms with Crippen LogP contribution in [-0.2, 0) is 0 Å². The monoisotopic (exact) mass is 472 g/mol. The van der Waals surface area contributed by atoms with Crippen molar-refractivity contribution in [1.29, 1.82) is 0 Å². The topological polar surface area (TPSA) is 121 Å². The number of rotatable bonds is 7. The van der Waals surface area contributed by atoms with Crippen LogP contribution < -0.4 is 15.6 Å². The third kappa shape index (κ3) is 5.40. The Balaban J connectivity index is 1.56. The standard InChI is InChI=1S/C20H18Cl2N8O2/c21-14-4-3-13(17(22)11-14)12-23-28-19-25-18(26-20(27-19)29-9-1-2-10-29)24-15-5-7-16(8-6-15)30(31)32/h3-8,11-12H,1-2,9-10H2,(H2,24,25,26,27,28)/b23-12+. The van der Waals surface area contributed by atoms with Gasteiger partial charge in [-0.15, -0.1) is 0 Å². The Morgan fingerprint density at radius 1 is 1.03 bits per heavy atom. The predicted molar refractivity (Wildman–Crippen MR) is 125 cm³/mol. The number of nitrogens with zero attached hydrogens (tertiary/aromatic N) is 6. The number of hydrogen-bond acceptors (Lipinski definition) is 9. The number of anilines is 4. The maximum atomic E-state index is 10.9. The first-order valence-electron chi connectivity index (χ1n) is 9.74. The Labute approximate surface area is 193 Å². The number of nitro groups is 1. The number of hydrazone groups is 1. The second kappa shape index (κ2) is 9.75. The molecule has 0 radical (unpaired) electrons. The summed E-state index contributed by atoms with van der Waals surface area (Å²) in [5.74, 6) is 1.05. The lowest BCUT2D eigenvalue weighted by atomic mass is 10.2. The number of benzene rings is 2. The summed E-state index contributed by atoms with van der Waals surface area (Å²) in [6.07, 6.45) is 3.67. The summed E-state index contributed by atoms with van der Waals surface area (Å²) in [6.45, 7) is 1.70. The van der Waals surface area contributed by atoms with Crippen LogP contribution in [0.3, 0.4) is 0 Å². The van der Waals surface area contributed by atoms with Gasteiger partial charge in [0.05, 0.1) is 16.2 Å². The zero-order chi connectivity index (χ0) is 22.5. The summed E-state index contributed by atoms with van der Waals surface area (Å²) in [5, 5.41) is 19.1. The van der Waals surface area contributed by atoms with Crippen molar-refractivity contribution >= 4 is 58.6 Å². The Bertz CT molecular complexity index is 1150. The van der Waals surface area contributed by atoms with Crippen LogP contribution in [0.25, 0.3) is 0 Å². The van der Waals surface area contributed by atoms with E-state index in [0.29, 0.717) is 27.2 Å². The Hall–Kier alpha value is -3.50. The van der Waals surface area contributed by atoms with Gasteiger partial charge in [0, 0.05) is 41.5 Å². The number of aromatic nitrogens is 3. The average Bonchev–Trinajstić information content (AvgIpc) is 3.31. The Morgan fingerprint density at radius 3 is 2.44 bits per heavy atom. The summed E-state index contributed by atoms with van der Waals surface area (Å²) in [7, 11) is 0. The van der Waals surface area contributed by atoms with Crippen molar-refractivity contribution in [3.8, 4) is 0 Å². The molecule has 2 N–H and O–H groups in total. The van der Waals surface area contributed by atoms with Gasteiger partial charge in [0.2, 0.25) is 17.8 Å². The minimum Gasteiger partial charge on any atom is -0.341 e. The van der Waals surface area contributed by atoms with Gasteiger partial charge in [-0.3, -0.25) is 10.1 Å². The molecular weight excluding hydrogens is 455 g/mol. The molecule has 4 rings (SSSR count). The van der Waals surface area contributed by atoms with Gasteiger partial charge in [0.25, 0.3) is 5.69 Å². The van der Waals surface area contributed by atoms with Crippen LogP contribution in [0, 0.1) is 10.1 Å². The Kier molecular flexibility index (Phi) is 6.62. The van der Waals surface area contributed by atoms with Gasteiger partial charge in [0.15, 0.2) is 0 Å². The van der Waals surface area contributed by atoms with Crippen LogP contribution in [0.4, 0.5) is 29.2 Å². The van der Waals surface area contributed by atoms with Gasteiger partial charge in [0.1, 0.15) is 0 Å². The van der Waals surface area contributed by atoms with E-state index in [0.717, 1.165) is 25.9 Å². The zero-order valence-corrected chi connectivity index (χ0v) is 18.2. The molecule has 2 heterocycles. The van der Waals surface area contributed by atoms with Crippen molar-refractivity contribution in [3.05, 3.63) is 68.2 Å². The van der Waals surface area contributed by atoms with Gasteiger partial charge >= 0.3 is 0 Å². The smallest absolute Gasteiger partial charge is 0.269 e. The molecule has 0 atom stereocenters. The lowest BCUT2D eigenvalue weighted by molar-refractivity contribution is -0.384. The number of halogens is 2. The SMILES string of the molecule is O=[N+]([O-])c1ccc(Nc2nc(N/N=C/c3ccc(Cl)cc3Cl)nc(N3CCCC3)n2)cc1. The normalized spacial score (nSPS) is 13.5. The molecule has 1 aliphatic rings. The van der Waals surface area contributed by atoms with E-state index in [2.05, 4.69) is 35.7 Å². The van der Waals surface area contributed by atoms with Crippen LogP contribution >= 0.6 is 23.2 Å². The summed E-state index contributed by atoms with van der Waals surface area (Å²) < 4.78 is 0. The zero-order valence-electron chi connectivity index (χ0n) is 16.7. The highest BCUT2D eigenvalue weighted by atomic mass is 35.5. The van der Waals surface area contributed by atoms with Crippen molar-refractivity contribution in [2.45, 2.75) is 12.8 Å². The molecule has 0 amide bonds. The van der Waals surface area contributed by atoms with Gasteiger partial charge in [-0.2, -0.15) is 20.1 Å². The lowest BCUT2D eigenvalue weighted by Gasteiger charge is -2.16. The molecule has 164 valence electrons. The Morgan fingerprint density at radius 2 is 1.75 bits per heavy atom. The van der Waals surface area contributed by atoms with Gasteiger partial charge in [-0.25, -0.2) is 5.43 Å². The van der Waals surface area contributed by atoms with Crippen molar-refractivity contribution < 1.29 is 4.92 Å². The predicted octanol–water partition coefficient (Wildman–Crippen LogP) is 4.88. The third-order valence-corrected chi connectivity index (χ3v) is 5.24. The van der Waals surface area contributed by atoms with Crippen molar-refractivity contribution in [3.63, 3.8) is 0 Å². The van der Waals surface area contributed by atoms with Gasteiger partial charge < -0.3 is 10.2 Å². The largest absolute Gasteiger partial charge is 0.341 e. The van der Waals surface area contributed by atoms with Crippen LogP contribution in [0.15, 0.2) is 47.6 Å². The maximum Gasteiger partial charge on any atom is 0.269 e. The molecule has 1 aliphatic heterocycles. The third-order valence-electron chi connectivity index (χ3n) is 4.68. The summed E-state index contributed by atoms with van der Waals surface area (Å²) in [4.78, 5) is 25.8. The fraction of sp³-hybridized carbons (Fsp3) is 0.200. The first-order valence-corrected chi connectivity index (χ1v) is 10.5. The molecule has 2 aromatic carbocycles. The molecule has 0 spiro atoms. The van der Waals surface area contributed by atoms with Crippen molar-refractivity contribution in [2.75, 3.05) is 28.7 Å². The fourth-order valence-corrected chi connectivity index (χ4v) is 3.55. The van der Waals surface area contributed by atoms with E-state index in [9.17, 15) is 10.1 Å². The number of nitro benzene ring substituents is 1. The molecule has 10 nitrogen and oxygen atoms in total. The van der Waals surface area contributed by atoms with E-state index in [-0.39, 0.29) is 17.6 Å². The van der Waals surface area contributed by atoms with Crippen molar-refractivity contribution in [1.82, 2.24) is 15.0 Å². The molecule has 32 heavy (non-hydrogen) atoms. The minimum absolute atomic E-state index is 0.00139. The van der Waals surface area contributed by atoms with E-state index in [1.54, 1.807) is 36.5 Å². The number of hydrogen-bond donors (Lipinski definition) is 2. The summed E-state index contributed by atoms with van der Waals surface area (Å²) >= 11 is 12.1. The molecule has 1 saturated heterocycles. The number of nitrogens with one attached hydrogen (secondary N) is 2. The molecule has 0 bridgehead atoms. The van der Waals surface area contributed by atoms with E-state index in [1.807, 2.05) is 0 Å². The average molecular weight is 473 g/mol. The minimum atomic E-state index is -0.453. The second-order valence-electron chi connectivity index (χ2n) is 6.94. The summed E-state index contributed by atoms with van der Waals surface area (Å²) in [5.41, 5.74) is 4.10. The van der Waals surface area contributed by atoms with E-state index < -0.39 is 4.92 Å². The lowest BCUT2D eigenvalue weighted by Crippen LogP contribution is -2.21. The molecular formula is C20H18Cl2N8O2. The molecule has 0 unspecified atom stereocenters. The molecule has 3 aromatic rings. The molecule has 0 saturated carbocycles. The highest BCUT2D eigenvalue weighted by Gasteiger charge is 2.17. The molecule has 1 aromatic heterocycles. The van der Waals surface area contributed by atoms with Gasteiger partial charge in [-0.05, 0) is 37.1 Å². The highest BCUT2D eigenvalue weighted by molar-refractivity contribution is 6.36. The van der Waals surface area contributed by atoms with Crippen LogP contribution in [-0.4, -0.2) is 39.2 Å². The number of non-ortho nitro benzene ring substituents is 1. The van der Waals surface area contributed by atoms with Crippen LogP contribution in [0.1, 0.15) is 18.4 Å². The van der Waals surface area contributed by atoms with Gasteiger partial charge in [-0.1, -0.05) is 29.3 Å². The van der Waals surface area contributed by atoms with Crippen molar-refractivity contribution in [2.24, 2.45) is 5.10 Å². The van der Waals surface area contributed by atoms with Crippen LogP contribution in [0.2, 0.25) is 10.0 Å². The molecule has 0 aliphatic carbocycles. The quantitative estimate of drug-likeness (QED) is 0.283. The molecule has 1 fully saturated rings. The first kappa shape index (κ1) is 21.7. The fourth-order valence-electron chi connectivity index (χ4n) is 3.09. The van der Waals surface area contributed by atoms with E-state index in [4.69, 9.17) is 23.2 Å². The van der Waals surface area contributed by atoms with Crippen LogP contribution in [0.5, 0.6) is 0 Å². The second-order valence-corrected chi connectivity index (χ2v) is 7.79. The van der Waals surface area contributed by atoms with E-state index >= 15 is 0 Å². The molecule has 12 heteroatoms.